The van der Waals surface area contributed by atoms with Crippen LogP contribution in [0.2, 0.25) is 0 Å². The molecule has 2 aromatic heterocycles. The predicted molar refractivity (Wildman–Crippen MR) is 83.5 cm³/mol. The molecule has 2 heterocycles. The topological polar surface area (TPSA) is 73.8 Å². The Morgan fingerprint density at radius 2 is 1.95 bits per heavy atom. The van der Waals surface area contributed by atoms with E-state index in [4.69, 9.17) is 4.42 Å². The van der Waals surface area contributed by atoms with Crippen molar-refractivity contribution in [3.63, 3.8) is 0 Å². The summed E-state index contributed by atoms with van der Waals surface area (Å²) in [5.74, 6) is 0.468. The highest BCUT2D eigenvalue weighted by molar-refractivity contribution is 9.10. The Labute approximate surface area is 135 Å². The number of carbonyl (C=O) groups excluding carboxylic acids is 1. The predicted octanol–water partition coefficient (Wildman–Crippen LogP) is 3.20. The van der Waals surface area contributed by atoms with Crippen LogP contribution in [0.25, 0.3) is 11.5 Å². The molecular weight excluding hydrogens is 348 g/mol. The van der Waals surface area contributed by atoms with Crippen molar-refractivity contribution in [3.8, 4) is 11.5 Å². The molecule has 3 aromatic rings. The molecule has 0 saturated carbocycles. The van der Waals surface area contributed by atoms with E-state index in [-0.39, 0.29) is 18.2 Å². The van der Waals surface area contributed by atoms with Crippen molar-refractivity contribution in [2.45, 2.75) is 20.3 Å². The van der Waals surface area contributed by atoms with E-state index in [0.717, 1.165) is 21.4 Å². The second-order valence-corrected chi connectivity index (χ2v) is 5.83. The molecule has 0 saturated heterocycles. The van der Waals surface area contributed by atoms with Gasteiger partial charge < -0.3 is 4.42 Å². The maximum Gasteiger partial charge on any atom is 0.256 e. The fraction of sp³-hybridized carbons (Fsp3) is 0.200. The fourth-order valence-electron chi connectivity index (χ4n) is 2.12. The maximum atomic E-state index is 12.2. The van der Waals surface area contributed by atoms with Gasteiger partial charge in [0.05, 0.1) is 5.69 Å². The molecule has 0 fully saturated rings. The van der Waals surface area contributed by atoms with E-state index < -0.39 is 0 Å². The van der Waals surface area contributed by atoms with Crippen LogP contribution in [0.15, 0.2) is 39.2 Å². The first-order valence-corrected chi connectivity index (χ1v) is 7.47. The van der Waals surface area contributed by atoms with Crippen LogP contribution in [0, 0.1) is 13.8 Å². The van der Waals surface area contributed by atoms with E-state index in [1.54, 1.807) is 0 Å². The number of halogens is 1. The summed E-state index contributed by atoms with van der Waals surface area (Å²) in [6, 6.07) is 9.36. The number of hydrogen-bond acceptors (Lipinski definition) is 5. The summed E-state index contributed by atoms with van der Waals surface area (Å²) in [5, 5.41) is 12.1. The largest absolute Gasteiger partial charge is 0.420 e. The van der Waals surface area contributed by atoms with Crippen molar-refractivity contribution in [1.82, 2.24) is 20.0 Å². The number of benzene rings is 1. The lowest BCUT2D eigenvalue weighted by atomic mass is 10.2. The van der Waals surface area contributed by atoms with Gasteiger partial charge in [-0.25, -0.2) is 4.68 Å². The zero-order chi connectivity index (χ0) is 15.7. The van der Waals surface area contributed by atoms with Crippen LogP contribution in [0.1, 0.15) is 22.1 Å². The molecule has 6 nitrogen and oxygen atoms in total. The van der Waals surface area contributed by atoms with Crippen molar-refractivity contribution >= 4 is 21.8 Å². The Hall–Kier alpha value is -2.28. The van der Waals surface area contributed by atoms with Gasteiger partial charge in [0.25, 0.3) is 5.91 Å². The molecule has 0 aliphatic carbocycles. The summed E-state index contributed by atoms with van der Waals surface area (Å²) in [6.45, 7) is 3.67. The normalized spacial score (nSPS) is 10.9. The van der Waals surface area contributed by atoms with Crippen molar-refractivity contribution in [2.24, 2.45) is 0 Å². The van der Waals surface area contributed by atoms with Gasteiger partial charge in [-0.15, -0.1) is 10.2 Å². The minimum Gasteiger partial charge on any atom is -0.420 e. The standard InChI is InChI=1S/C15H13BrN4O2/c1-9-7-10(2)20(19-9)14(21)8-13-17-18-15(22-13)11-3-5-12(16)6-4-11/h3-7H,8H2,1-2H3. The van der Waals surface area contributed by atoms with E-state index >= 15 is 0 Å². The van der Waals surface area contributed by atoms with Crippen LogP contribution < -0.4 is 0 Å². The molecular formula is C15H13BrN4O2. The van der Waals surface area contributed by atoms with Crippen molar-refractivity contribution in [2.75, 3.05) is 0 Å². The molecule has 0 radical (unpaired) electrons. The first-order chi connectivity index (χ1) is 10.5. The second kappa shape index (κ2) is 5.84. The quantitative estimate of drug-likeness (QED) is 0.716. The Morgan fingerprint density at radius 3 is 2.59 bits per heavy atom. The molecule has 0 amide bonds. The molecule has 0 aliphatic heterocycles. The summed E-state index contributed by atoms with van der Waals surface area (Å²) >= 11 is 3.37. The summed E-state index contributed by atoms with van der Waals surface area (Å²) in [6.07, 6.45) is 0.0193. The van der Waals surface area contributed by atoms with Gasteiger partial charge >= 0.3 is 0 Å². The number of hydrogen-bond donors (Lipinski definition) is 0. The van der Waals surface area contributed by atoms with Gasteiger partial charge in [0.2, 0.25) is 11.8 Å². The molecule has 0 aliphatic rings. The first kappa shape index (κ1) is 14.6. The summed E-state index contributed by atoms with van der Waals surface area (Å²) < 4.78 is 7.88. The SMILES string of the molecule is Cc1cc(C)n(C(=O)Cc2nnc(-c3ccc(Br)cc3)o2)n1. The number of aromatic nitrogens is 4. The molecule has 0 bridgehead atoms. The Kier molecular flexibility index (Phi) is 3.89. The molecule has 0 spiro atoms. The zero-order valence-corrected chi connectivity index (χ0v) is 13.7. The van der Waals surface area contributed by atoms with Gasteiger partial charge in [-0.3, -0.25) is 4.79 Å². The molecule has 22 heavy (non-hydrogen) atoms. The molecule has 7 heteroatoms. The van der Waals surface area contributed by atoms with E-state index in [0.29, 0.717) is 5.89 Å². The Bertz CT molecular complexity index is 820. The van der Waals surface area contributed by atoms with Gasteiger partial charge in [-0.1, -0.05) is 15.9 Å². The van der Waals surface area contributed by atoms with Crippen LogP contribution in [-0.4, -0.2) is 25.9 Å². The highest BCUT2D eigenvalue weighted by Crippen LogP contribution is 2.20. The highest BCUT2D eigenvalue weighted by atomic mass is 79.9. The van der Waals surface area contributed by atoms with Gasteiger partial charge in [0, 0.05) is 15.7 Å². The van der Waals surface area contributed by atoms with Gasteiger partial charge in [0.1, 0.15) is 6.42 Å². The van der Waals surface area contributed by atoms with Crippen LogP contribution in [0.3, 0.4) is 0 Å². The zero-order valence-electron chi connectivity index (χ0n) is 12.1. The number of carbonyl (C=O) groups is 1. The lowest BCUT2D eigenvalue weighted by molar-refractivity contribution is 0.0887. The van der Waals surface area contributed by atoms with E-state index in [1.165, 1.54) is 4.68 Å². The summed E-state index contributed by atoms with van der Waals surface area (Å²) in [4.78, 5) is 12.2. The van der Waals surface area contributed by atoms with Crippen molar-refractivity contribution in [1.29, 1.82) is 0 Å². The molecule has 112 valence electrons. The minimum absolute atomic E-state index is 0.0193. The van der Waals surface area contributed by atoms with Crippen LogP contribution in [-0.2, 0) is 6.42 Å². The van der Waals surface area contributed by atoms with Crippen LogP contribution in [0.5, 0.6) is 0 Å². The monoisotopic (exact) mass is 360 g/mol. The molecule has 0 atom stereocenters. The third-order valence-corrected chi connectivity index (χ3v) is 3.63. The number of nitrogens with zero attached hydrogens (tertiary/aromatic N) is 4. The number of aryl methyl sites for hydroxylation is 2. The van der Waals surface area contributed by atoms with Crippen LogP contribution >= 0.6 is 15.9 Å². The molecule has 3 rings (SSSR count). The van der Waals surface area contributed by atoms with Gasteiger partial charge in [-0.2, -0.15) is 5.10 Å². The summed E-state index contributed by atoms with van der Waals surface area (Å²) in [7, 11) is 0. The van der Waals surface area contributed by atoms with Crippen LogP contribution in [0.4, 0.5) is 0 Å². The third kappa shape index (κ3) is 2.99. The smallest absolute Gasteiger partial charge is 0.256 e. The Morgan fingerprint density at radius 1 is 1.23 bits per heavy atom. The number of rotatable bonds is 3. The maximum absolute atomic E-state index is 12.2. The lowest BCUT2D eigenvalue weighted by Crippen LogP contribution is -2.16. The average molecular weight is 361 g/mol. The molecule has 0 unspecified atom stereocenters. The van der Waals surface area contributed by atoms with Gasteiger partial charge in [0.15, 0.2) is 0 Å². The Balaban J connectivity index is 1.78. The second-order valence-electron chi connectivity index (χ2n) is 4.92. The average Bonchev–Trinajstić information content (AvgIpc) is 3.06. The van der Waals surface area contributed by atoms with E-state index in [2.05, 4.69) is 31.2 Å². The lowest BCUT2D eigenvalue weighted by Gasteiger charge is -1.99. The van der Waals surface area contributed by atoms with Crippen molar-refractivity contribution < 1.29 is 9.21 Å². The minimum atomic E-state index is -0.198. The van der Waals surface area contributed by atoms with Gasteiger partial charge in [-0.05, 0) is 44.2 Å². The van der Waals surface area contributed by atoms with Crippen molar-refractivity contribution in [3.05, 3.63) is 52.1 Å². The van der Waals surface area contributed by atoms with E-state index in [9.17, 15) is 4.79 Å². The fourth-order valence-corrected chi connectivity index (χ4v) is 2.38. The van der Waals surface area contributed by atoms with E-state index in [1.807, 2.05) is 44.2 Å². The first-order valence-electron chi connectivity index (χ1n) is 6.68. The molecule has 0 N–H and O–H groups in total. The summed E-state index contributed by atoms with van der Waals surface area (Å²) in [5.41, 5.74) is 2.39. The molecule has 1 aromatic carbocycles. The highest BCUT2D eigenvalue weighted by Gasteiger charge is 2.16. The third-order valence-electron chi connectivity index (χ3n) is 3.11.